The highest BCUT2D eigenvalue weighted by atomic mass is 79.9. The van der Waals surface area contributed by atoms with Crippen LogP contribution in [0.2, 0.25) is 0 Å². The SMILES string of the molecule is COC(=O)C1CCC(=O)CC1.Cc1ccc(S(=O)(=O)OCC2CCC(O)CC2)cc1.OC1CCC(COc2cc(Br)ccn2)CC1.OC1CCC(COc2cc(Br)ccn2)CC1. The van der Waals surface area contributed by atoms with Gasteiger partial charge in [0.05, 0.1) is 56.1 Å². The maximum atomic E-state index is 12.0. The topological polar surface area (TPSA) is 192 Å². The van der Waals surface area contributed by atoms with Crippen LogP contribution in [0.3, 0.4) is 0 Å². The summed E-state index contributed by atoms with van der Waals surface area (Å²) in [6.07, 6.45) is 16.4. The summed E-state index contributed by atoms with van der Waals surface area (Å²) >= 11 is 6.77. The number of halogens is 2. The van der Waals surface area contributed by atoms with Gasteiger partial charge in [0.25, 0.3) is 10.1 Å². The molecule has 4 aliphatic carbocycles. The summed E-state index contributed by atoms with van der Waals surface area (Å²) in [5, 5.41) is 28.2. The number of esters is 1. The molecule has 0 amide bonds. The van der Waals surface area contributed by atoms with Crippen molar-refractivity contribution >= 4 is 53.7 Å². The van der Waals surface area contributed by atoms with E-state index in [0.717, 1.165) is 91.6 Å². The highest BCUT2D eigenvalue weighted by Crippen LogP contribution is 2.28. The fraction of sp³-hybridized carbons (Fsp3) is 0.609. The van der Waals surface area contributed by atoms with Crippen LogP contribution in [0.25, 0.3) is 0 Å². The molecule has 0 aliphatic heterocycles. The van der Waals surface area contributed by atoms with Crippen molar-refractivity contribution in [2.75, 3.05) is 26.9 Å². The molecule has 0 atom stereocenters. The number of hydrogen-bond acceptors (Lipinski definition) is 13. The minimum atomic E-state index is -3.65. The van der Waals surface area contributed by atoms with Crippen LogP contribution in [0.15, 0.2) is 74.8 Å². The van der Waals surface area contributed by atoms with Gasteiger partial charge in [-0.25, -0.2) is 9.97 Å². The van der Waals surface area contributed by atoms with Gasteiger partial charge in [-0.1, -0.05) is 49.6 Å². The first-order chi connectivity index (χ1) is 29.7. The second-order valence-corrected chi connectivity index (χ2v) is 20.1. The van der Waals surface area contributed by atoms with Crippen LogP contribution in [-0.4, -0.2) is 90.7 Å². The number of aliphatic hydroxyl groups is 3. The zero-order valence-electron chi connectivity index (χ0n) is 35.9. The van der Waals surface area contributed by atoms with Gasteiger partial charge in [-0.2, -0.15) is 8.42 Å². The highest BCUT2D eigenvalue weighted by molar-refractivity contribution is 9.10. The van der Waals surface area contributed by atoms with Gasteiger partial charge in [-0.05, 0) is 139 Å². The third-order valence-corrected chi connectivity index (χ3v) is 13.9. The van der Waals surface area contributed by atoms with E-state index in [9.17, 15) is 33.3 Å². The van der Waals surface area contributed by atoms with Crippen molar-refractivity contribution in [1.29, 1.82) is 0 Å². The van der Waals surface area contributed by atoms with Crippen LogP contribution in [0.4, 0.5) is 0 Å². The number of aliphatic hydroxyl groups excluding tert-OH is 3. The van der Waals surface area contributed by atoms with Crippen LogP contribution in [0.5, 0.6) is 11.8 Å². The Kier molecular flexibility index (Phi) is 22.8. The van der Waals surface area contributed by atoms with Crippen LogP contribution >= 0.6 is 31.9 Å². The fourth-order valence-electron chi connectivity index (χ4n) is 7.57. The summed E-state index contributed by atoms with van der Waals surface area (Å²) in [6, 6.07) is 14.1. The predicted molar refractivity (Wildman–Crippen MR) is 242 cm³/mol. The Morgan fingerprint density at radius 2 is 1.05 bits per heavy atom. The zero-order chi connectivity index (χ0) is 44.9. The summed E-state index contributed by atoms with van der Waals surface area (Å²) in [5.41, 5.74) is 1.01. The molecule has 3 N–H and O–H groups in total. The molecule has 0 bridgehead atoms. The Morgan fingerprint density at radius 1 is 0.645 bits per heavy atom. The normalized spacial score (nSPS) is 24.1. The third kappa shape index (κ3) is 19.8. The first-order valence-electron chi connectivity index (χ1n) is 21.8. The molecule has 4 fully saturated rings. The quantitative estimate of drug-likeness (QED) is 0.122. The first-order valence-corrected chi connectivity index (χ1v) is 24.8. The first kappa shape index (κ1) is 51.6. The lowest BCUT2D eigenvalue weighted by Crippen LogP contribution is -2.23. The number of hydrogen-bond donors (Lipinski definition) is 3. The van der Waals surface area contributed by atoms with Crippen molar-refractivity contribution in [3.63, 3.8) is 0 Å². The number of pyridine rings is 2. The number of aryl methyl sites for hydroxylation is 1. The summed E-state index contributed by atoms with van der Waals surface area (Å²) < 4.78 is 46.9. The molecule has 13 nitrogen and oxygen atoms in total. The lowest BCUT2D eigenvalue weighted by Gasteiger charge is -2.24. The average molecular weight is 1010 g/mol. The van der Waals surface area contributed by atoms with E-state index in [1.165, 1.54) is 7.11 Å². The summed E-state index contributed by atoms with van der Waals surface area (Å²) in [7, 11) is -2.26. The number of Topliss-reactive ketones (excluding diaryl/α,β-unsaturated/α-hetero) is 1. The number of nitrogens with zero attached hydrogens (tertiary/aromatic N) is 2. The largest absolute Gasteiger partial charge is 0.477 e. The fourth-order valence-corrected chi connectivity index (χ4v) is 9.18. The molecule has 344 valence electrons. The molecular weight excluding hydrogens is 948 g/mol. The van der Waals surface area contributed by atoms with E-state index >= 15 is 0 Å². The average Bonchev–Trinajstić information content (AvgIpc) is 3.27. The molecule has 3 aromatic rings. The maximum Gasteiger partial charge on any atom is 0.308 e. The van der Waals surface area contributed by atoms with Crippen LogP contribution in [0, 0.1) is 30.6 Å². The molecule has 16 heteroatoms. The molecule has 7 rings (SSSR count). The molecule has 2 aromatic heterocycles. The number of carbonyl (C=O) groups is 2. The van der Waals surface area contributed by atoms with E-state index in [0.29, 0.717) is 62.5 Å². The molecule has 0 radical (unpaired) electrons. The van der Waals surface area contributed by atoms with Gasteiger partial charge >= 0.3 is 5.97 Å². The molecule has 2 heterocycles. The van der Waals surface area contributed by atoms with E-state index in [1.807, 2.05) is 31.2 Å². The Labute approximate surface area is 384 Å². The third-order valence-electron chi connectivity index (χ3n) is 11.6. The Hall–Kier alpha value is -2.99. The smallest absolute Gasteiger partial charge is 0.308 e. The van der Waals surface area contributed by atoms with Crippen LogP contribution in [0.1, 0.15) is 108 Å². The second-order valence-electron chi connectivity index (χ2n) is 16.7. The minimum Gasteiger partial charge on any atom is -0.477 e. The number of ketones is 1. The lowest BCUT2D eigenvalue weighted by atomic mass is 9.88. The lowest BCUT2D eigenvalue weighted by molar-refractivity contribution is -0.147. The summed E-state index contributed by atoms with van der Waals surface area (Å²) in [5.74, 6) is 2.75. The number of aromatic nitrogens is 2. The van der Waals surface area contributed by atoms with Gasteiger partial charge in [-0.3, -0.25) is 13.8 Å². The number of methoxy groups -OCH3 is 1. The summed E-state index contributed by atoms with van der Waals surface area (Å²) in [6.45, 7) is 3.53. The van der Waals surface area contributed by atoms with Gasteiger partial charge in [0.15, 0.2) is 0 Å². The van der Waals surface area contributed by atoms with E-state index in [-0.39, 0.29) is 53.4 Å². The maximum absolute atomic E-state index is 12.0. The Balaban J connectivity index is 0.000000185. The van der Waals surface area contributed by atoms with Gasteiger partial charge < -0.3 is 29.5 Å². The monoisotopic (exact) mass is 1010 g/mol. The van der Waals surface area contributed by atoms with E-state index in [4.69, 9.17) is 13.7 Å². The van der Waals surface area contributed by atoms with E-state index < -0.39 is 10.1 Å². The Bertz CT molecular complexity index is 1800. The van der Waals surface area contributed by atoms with Gasteiger partial charge in [0.1, 0.15) is 5.78 Å². The number of rotatable bonds is 11. The molecular formula is C46H64Br2N2O11S. The van der Waals surface area contributed by atoms with Gasteiger partial charge in [0, 0.05) is 46.3 Å². The zero-order valence-corrected chi connectivity index (χ0v) is 39.9. The van der Waals surface area contributed by atoms with Crippen molar-refractivity contribution < 1.29 is 51.7 Å². The second kappa shape index (κ2) is 27.4. The number of carbonyl (C=O) groups excluding carboxylic acids is 2. The predicted octanol–water partition coefficient (Wildman–Crippen LogP) is 8.72. The molecule has 0 saturated heterocycles. The highest BCUT2D eigenvalue weighted by Gasteiger charge is 2.26. The van der Waals surface area contributed by atoms with Crippen molar-refractivity contribution in [3.8, 4) is 11.8 Å². The van der Waals surface area contributed by atoms with Crippen molar-refractivity contribution in [3.05, 3.63) is 75.4 Å². The van der Waals surface area contributed by atoms with Crippen molar-refractivity contribution in [1.82, 2.24) is 9.97 Å². The van der Waals surface area contributed by atoms with E-state index in [2.05, 4.69) is 46.6 Å². The van der Waals surface area contributed by atoms with Crippen LogP contribution in [-0.2, 0) is 28.6 Å². The van der Waals surface area contributed by atoms with Gasteiger partial charge in [0.2, 0.25) is 11.8 Å². The van der Waals surface area contributed by atoms with E-state index in [1.54, 1.807) is 36.7 Å². The Morgan fingerprint density at radius 3 is 1.44 bits per heavy atom. The number of benzene rings is 1. The van der Waals surface area contributed by atoms with Crippen LogP contribution < -0.4 is 9.47 Å². The molecule has 1 aromatic carbocycles. The number of ether oxygens (including phenoxy) is 3. The molecule has 0 spiro atoms. The van der Waals surface area contributed by atoms with Crippen molar-refractivity contribution in [2.24, 2.45) is 23.7 Å². The molecule has 4 saturated carbocycles. The minimum absolute atomic E-state index is 0.0299. The molecule has 62 heavy (non-hydrogen) atoms. The van der Waals surface area contributed by atoms with Crippen molar-refractivity contribution in [2.45, 2.75) is 133 Å². The summed E-state index contributed by atoms with van der Waals surface area (Å²) in [4.78, 5) is 30.2. The molecule has 4 aliphatic rings. The standard InChI is InChI=1S/C14H20O4S.2C12H16BrNO2.C8H12O3/c1-11-2-8-14(9-3-11)19(16,17)18-10-12-4-6-13(15)7-5-12;2*13-10-5-6-14-12(7-10)16-8-9-1-3-11(15)4-2-9;1-11-8(10)6-2-4-7(9)5-3-6/h2-3,8-9,12-13,15H,4-7,10H2,1H3;2*5-7,9,11,15H,1-4,8H2;6H,2-5H2,1H3. The molecule has 0 unspecified atom stereocenters. The van der Waals surface area contributed by atoms with Gasteiger partial charge in [-0.15, -0.1) is 0 Å².